The second kappa shape index (κ2) is 8.89. The van der Waals surface area contributed by atoms with E-state index in [-0.39, 0.29) is 19.3 Å². The van der Waals surface area contributed by atoms with Gasteiger partial charge in [-0.2, -0.15) is 14.3 Å². The molecule has 0 aliphatic carbocycles. The van der Waals surface area contributed by atoms with Crippen molar-refractivity contribution < 1.29 is 45.9 Å². The van der Waals surface area contributed by atoms with Crippen LogP contribution in [-0.2, 0) is 18.5 Å². The molecule has 4 heterocycles. The molecule has 17 heteroatoms. The molecule has 4 aliphatic rings. The lowest BCUT2D eigenvalue weighted by atomic mass is 10.1. The molecule has 5 unspecified atom stereocenters. The number of nitrogens with two attached hydrogens (primary N) is 1. The zero-order valence-corrected chi connectivity index (χ0v) is 19.1. The Morgan fingerprint density at radius 1 is 1.24 bits per heavy atom. The van der Waals surface area contributed by atoms with Crippen molar-refractivity contribution in [2.45, 2.75) is 41.1 Å². The van der Waals surface area contributed by atoms with Crippen LogP contribution in [0.4, 0.5) is 17.6 Å². The summed E-state index contributed by atoms with van der Waals surface area (Å²) in [5.74, 6) is -5.81. The Kier molecular flexibility index (Phi) is 6.34. The third-order valence-electron chi connectivity index (χ3n) is 5.73. The summed E-state index contributed by atoms with van der Waals surface area (Å²) in [6.45, 7) is 0.0191. The Balaban J connectivity index is 1.52. The van der Waals surface area contributed by atoms with Gasteiger partial charge in [0.1, 0.15) is 30.8 Å². The lowest BCUT2D eigenvalue weighted by molar-refractivity contribution is -0.0979. The van der Waals surface area contributed by atoms with Crippen LogP contribution in [0.3, 0.4) is 0 Å². The van der Waals surface area contributed by atoms with Gasteiger partial charge in [0.05, 0.1) is 17.3 Å². The number of hydrogen-bond donors (Lipinski definition) is 6. The summed E-state index contributed by atoms with van der Waals surface area (Å²) in [7, 11) is -2.74. The van der Waals surface area contributed by atoms with Crippen LogP contribution in [0, 0.1) is 23.3 Å². The van der Waals surface area contributed by atoms with E-state index in [2.05, 4.69) is 16.0 Å². The fourth-order valence-electron chi connectivity index (χ4n) is 4.21. The van der Waals surface area contributed by atoms with Crippen LogP contribution >= 0.6 is 19.9 Å². The fourth-order valence-corrected chi connectivity index (χ4v) is 6.34. The van der Waals surface area contributed by atoms with E-state index in [1.165, 1.54) is 12.0 Å². The average Bonchev–Trinajstić information content (AvgIpc) is 3.32. The fraction of sp³-hybridized carbons (Fsp3) is 0.529. The topological polar surface area (TPSA) is 143 Å². The highest BCUT2D eigenvalue weighted by molar-refractivity contribution is 7.99. The molecule has 0 saturated carbocycles. The van der Waals surface area contributed by atoms with Crippen LogP contribution in [0.25, 0.3) is 0 Å². The number of rotatable bonds is 4. The zero-order chi connectivity index (χ0) is 24.4. The predicted molar refractivity (Wildman–Crippen MR) is 109 cm³/mol. The zero-order valence-electron chi connectivity index (χ0n) is 17.4. The second-order valence-corrected chi connectivity index (χ2v) is 10.3. The first-order valence-corrected chi connectivity index (χ1v) is 12.4. The van der Waals surface area contributed by atoms with Crippen LogP contribution in [0.15, 0.2) is 22.5 Å². The van der Waals surface area contributed by atoms with Crippen molar-refractivity contribution in [3.63, 3.8) is 0 Å². The molecule has 11 nitrogen and oxygen atoms in total. The highest BCUT2D eigenvalue weighted by Crippen LogP contribution is 2.59. The van der Waals surface area contributed by atoms with Crippen LogP contribution in [0.2, 0.25) is 0 Å². The van der Waals surface area contributed by atoms with Crippen LogP contribution in [-0.4, -0.2) is 71.3 Å². The van der Waals surface area contributed by atoms with E-state index in [1.807, 2.05) is 0 Å². The second-order valence-electron chi connectivity index (χ2n) is 7.74. The first kappa shape index (κ1) is 24.2. The third kappa shape index (κ3) is 4.01. The molecule has 0 radical (unpaired) electrons. The van der Waals surface area contributed by atoms with Gasteiger partial charge in [0, 0.05) is 13.2 Å². The first-order valence-electron chi connectivity index (χ1n) is 9.98. The van der Waals surface area contributed by atoms with Crippen molar-refractivity contribution in [3.05, 3.63) is 40.9 Å². The molecule has 4 aliphatic heterocycles. The minimum absolute atomic E-state index is 0.126. The van der Waals surface area contributed by atoms with E-state index in [9.17, 15) is 27.3 Å². The van der Waals surface area contributed by atoms with Crippen molar-refractivity contribution in [2.75, 3.05) is 20.4 Å². The highest BCUT2D eigenvalue weighted by Gasteiger charge is 2.62. The van der Waals surface area contributed by atoms with Crippen molar-refractivity contribution in [2.24, 2.45) is 5.73 Å². The molecule has 188 valence electrons. The molecule has 2 fully saturated rings. The molecule has 7 N–H and O–H groups in total. The van der Waals surface area contributed by atoms with Gasteiger partial charge in [0.25, 0.3) is 0 Å². The summed E-state index contributed by atoms with van der Waals surface area (Å²) < 4.78 is 78.4. The van der Waals surface area contributed by atoms with Gasteiger partial charge in [-0.25, -0.2) is 17.6 Å². The van der Waals surface area contributed by atoms with Crippen LogP contribution in [0.5, 0.6) is 0 Å². The highest BCUT2D eigenvalue weighted by atomic mass is 32.2. The van der Waals surface area contributed by atoms with E-state index >= 15 is 0 Å². The van der Waals surface area contributed by atoms with Gasteiger partial charge in [-0.15, -0.1) is 4.52 Å². The van der Waals surface area contributed by atoms with Gasteiger partial charge in [-0.05, 0) is 0 Å². The SMILES string of the molecule is COC1C(N2C3=C(NC2Sc2c(F)c(F)cc(F)c2F)C(N)NCN3)OC2CO[P+](O)(O)O[C@H]21. The predicted octanol–water partition coefficient (Wildman–Crippen LogP) is -0.0544. The van der Waals surface area contributed by atoms with Crippen LogP contribution < -0.4 is 21.7 Å². The number of nitrogens with zero attached hydrogens (tertiary/aromatic N) is 1. The Bertz CT molecular complexity index is 1000. The molecule has 34 heavy (non-hydrogen) atoms. The van der Waals surface area contributed by atoms with Gasteiger partial charge in [-0.3, -0.25) is 10.2 Å². The van der Waals surface area contributed by atoms with Crippen molar-refractivity contribution in [1.82, 2.24) is 20.9 Å². The maximum atomic E-state index is 14.5. The minimum atomic E-state index is -4.09. The maximum absolute atomic E-state index is 14.5. The van der Waals surface area contributed by atoms with Crippen molar-refractivity contribution in [3.8, 4) is 0 Å². The molecule has 1 aromatic carbocycles. The summed E-state index contributed by atoms with van der Waals surface area (Å²) in [5, 5.41) is 8.99. The molecule has 0 aromatic heterocycles. The molecular formula is C17H21F4N5O6PS+. The summed E-state index contributed by atoms with van der Waals surface area (Å²) >= 11 is 0.462. The number of hydrogen-bond acceptors (Lipinski definition) is 12. The van der Waals surface area contributed by atoms with E-state index in [1.54, 1.807) is 0 Å². The van der Waals surface area contributed by atoms with Gasteiger partial charge < -0.3 is 25.8 Å². The number of ether oxygens (including phenoxy) is 2. The molecule has 0 spiro atoms. The monoisotopic (exact) mass is 530 g/mol. The van der Waals surface area contributed by atoms with Gasteiger partial charge in [0.15, 0.2) is 41.1 Å². The Morgan fingerprint density at radius 3 is 2.62 bits per heavy atom. The molecule has 2 saturated heterocycles. The quantitative estimate of drug-likeness (QED) is 0.177. The number of methoxy groups -OCH3 is 1. The summed E-state index contributed by atoms with van der Waals surface area (Å²) in [5.41, 5.74) is 5.44. The summed E-state index contributed by atoms with van der Waals surface area (Å²) in [6.07, 6.45) is -4.36. The van der Waals surface area contributed by atoms with Gasteiger partial charge >= 0.3 is 8.17 Å². The minimum Gasteiger partial charge on any atom is -0.374 e. The number of nitrogens with one attached hydrogen (secondary N) is 3. The van der Waals surface area contributed by atoms with Gasteiger partial charge in [-0.1, -0.05) is 11.8 Å². The number of fused-ring (bicyclic) bond motifs is 1. The molecule has 1 aromatic rings. The van der Waals surface area contributed by atoms with E-state index < -0.39 is 72.5 Å². The van der Waals surface area contributed by atoms with E-state index in [0.29, 0.717) is 23.3 Å². The van der Waals surface area contributed by atoms with Crippen molar-refractivity contribution >= 4 is 19.9 Å². The maximum Gasteiger partial charge on any atom is 0.570 e. The number of halogens is 4. The molecule has 0 amide bonds. The third-order valence-corrected chi connectivity index (χ3v) is 7.90. The standard InChI is InChI=1S/C17H21F4N5O6PS/c1-29-12-11-7(3-30-33(27,28)32-11)31-16(12)26-15-10(14(22)23-4-24-15)25-17(26)34-13-8(20)5(18)2-6(19)9(13)21/h2,7,11-12,14,16-17,23-25,27-28H,3-4,22H2,1H3/q+1/t7?,11-,12?,14?,16?,17?/m1/s1. The largest absolute Gasteiger partial charge is 0.570 e. The number of benzene rings is 1. The lowest BCUT2D eigenvalue weighted by Gasteiger charge is -2.36. The molecule has 5 rings (SSSR count). The smallest absolute Gasteiger partial charge is 0.374 e. The normalized spacial score (nSPS) is 34.5. The Morgan fingerprint density at radius 2 is 1.94 bits per heavy atom. The average molecular weight is 530 g/mol. The summed E-state index contributed by atoms with van der Waals surface area (Å²) in [6, 6.07) is 0.126. The van der Waals surface area contributed by atoms with Gasteiger partial charge in [0.2, 0.25) is 0 Å². The Labute approximate surface area is 195 Å². The molecular weight excluding hydrogens is 509 g/mol. The Hall–Kier alpha value is -1.46. The van der Waals surface area contributed by atoms with Crippen LogP contribution in [0.1, 0.15) is 0 Å². The molecule has 6 atom stereocenters. The lowest BCUT2D eigenvalue weighted by Crippen LogP contribution is -2.53. The molecule has 0 bridgehead atoms. The van der Waals surface area contributed by atoms with E-state index in [0.717, 1.165) is 0 Å². The number of thioether (sulfide) groups is 1. The van der Waals surface area contributed by atoms with Crippen molar-refractivity contribution in [1.29, 1.82) is 0 Å². The van der Waals surface area contributed by atoms with E-state index in [4.69, 9.17) is 24.3 Å². The summed E-state index contributed by atoms with van der Waals surface area (Å²) in [4.78, 5) is 20.3. The first-order chi connectivity index (χ1) is 16.1.